The number of pyridine rings is 1. The van der Waals surface area contributed by atoms with E-state index in [1.807, 2.05) is 12.1 Å². The molecule has 16 heavy (non-hydrogen) atoms. The van der Waals surface area contributed by atoms with Crippen LogP contribution in [0.4, 0.5) is 5.82 Å². The van der Waals surface area contributed by atoms with Crippen molar-refractivity contribution >= 4 is 17.4 Å². The highest BCUT2D eigenvalue weighted by Crippen LogP contribution is 2.28. The summed E-state index contributed by atoms with van der Waals surface area (Å²) >= 11 is 5.81. The van der Waals surface area contributed by atoms with E-state index in [0.717, 1.165) is 5.82 Å². The molecule has 3 nitrogen and oxygen atoms in total. The predicted molar refractivity (Wildman–Crippen MR) is 65.8 cm³/mol. The number of hydrogen-bond acceptors (Lipinski definition) is 3. The van der Waals surface area contributed by atoms with Crippen LogP contribution in [-0.4, -0.2) is 23.1 Å². The van der Waals surface area contributed by atoms with Gasteiger partial charge in [0, 0.05) is 24.3 Å². The van der Waals surface area contributed by atoms with Gasteiger partial charge in [-0.25, -0.2) is 4.98 Å². The van der Waals surface area contributed by atoms with Crippen LogP contribution in [0.1, 0.15) is 25.7 Å². The number of anilines is 1. The van der Waals surface area contributed by atoms with E-state index in [4.69, 9.17) is 11.6 Å². The molecule has 4 heteroatoms. The van der Waals surface area contributed by atoms with Crippen molar-refractivity contribution in [3.05, 3.63) is 23.4 Å². The van der Waals surface area contributed by atoms with Gasteiger partial charge in [-0.2, -0.15) is 0 Å². The lowest BCUT2D eigenvalue weighted by molar-refractivity contribution is 0.377. The summed E-state index contributed by atoms with van der Waals surface area (Å²) < 4.78 is 0. The van der Waals surface area contributed by atoms with Crippen LogP contribution in [0.15, 0.2) is 18.3 Å². The topological polar surface area (TPSA) is 37.0 Å². The smallest absolute Gasteiger partial charge is 0.126 e. The average Bonchev–Trinajstić information content (AvgIpc) is 2.62. The second kappa shape index (κ2) is 4.22. The molecule has 1 aromatic heterocycles. The summed E-state index contributed by atoms with van der Waals surface area (Å²) in [6, 6.07) is 5.82. The molecule has 1 aromatic rings. The van der Waals surface area contributed by atoms with Gasteiger partial charge in [-0.15, -0.1) is 0 Å². The molecule has 2 aliphatic rings. The molecule has 0 radical (unpaired) electrons. The maximum Gasteiger partial charge on any atom is 0.126 e. The van der Waals surface area contributed by atoms with E-state index in [9.17, 15) is 0 Å². The standard InChI is InChI=1S/C12H16ClN3/c13-8-1-4-12(14-7-8)16-11-5-9-2-3-10(6-11)15-9/h1,4,7,9-11,15H,2-3,5-6H2,(H,14,16). The molecule has 0 saturated carbocycles. The van der Waals surface area contributed by atoms with Gasteiger partial charge in [0.15, 0.2) is 0 Å². The van der Waals surface area contributed by atoms with Crippen molar-refractivity contribution in [1.29, 1.82) is 0 Å². The largest absolute Gasteiger partial charge is 0.367 e. The highest BCUT2D eigenvalue weighted by atomic mass is 35.5. The van der Waals surface area contributed by atoms with E-state index < -0.39 is 0 Å². The molecule has 2 atom stereocenters. The summed E-state index contributed by atoms with van der Waals surface area (Å²) in [4.78, 5) is 4.28. The Morgan fingerprint density at radius 3 is 2.62 bits per heavy atom. The van der Waals surface area contributed by atoms with Crippen LogP contribution >= 0.6 is 11.6 Å². The first-order chi connectivity index (χ1) is 7.79. The first-order valence-electron chi connectivity index (χ1n) is 5.94. The third kappa shape index (κ3) is 2.15. The van der Waals surface area contributed by atoms with E-state index in [1.54, 1.807) is 6.20 Å². The molecule has 0 amide bonds. The SMILES string of the molecule is Clc1ccc(NC2CC3CCC(C2)N3)nc1. The van der Waals surface area contributed by atoms with Gasteiger partial charge in [-0.1, -0.05) is 11.6 Å². The lowest BCUT2D eigenvalue weighted by atomic mass is 10.00. The first kappa shape index (κ1) is 10.4. The monoisotopic (exact) mass is 237 g/mol. The number of nitrogens with zero attached hydrogens (tertiary/aromatic N) is 1. The van der Waals surface area contributed by atoms with Gasteiger partial charge in [0.25, 0.3) is 0 Å². The van der Waals surface area contributed by atoms with Crippen LogP contribution in [0, 0.1) is 0 Å². The number of fused-ring (bicyclic) bond motifs is 2. The maximum absolute atomic E-state index is 5.81. The lowest BCUT2D eigenvalue weighted by Crippen LogP contribution is -2.43. The number of aromatic nitrogens is 1. The Morgan fingerprint density at radius 1 is 1.25 bits per heavy atom. The van der Waals surface area contributed by atoms with Gasteiger partial charge in [-0.3, -0.25) is 0 Å². The van der Waals surface area contributed by atoms with Crippen LogP contribution < -0.4 is 10.6 Å². The van der Waals surface area contributed by atoms with Gasteiger partial charge in [-0.05, 0) is 37.8 Å². The molecule has 3 heterocycles. The molecule has 0 aliphatic carbocycles. The summed E-state index contributed by atoms with van der Waals surface area (Å²) in [5.41, 5.74) is 0. The van der Waals surface area contributed by atoms with Gasteiger partial charge < -0.3 is 10.6 Å². The van der Waals surface area contributed by atoms with Crippen molar-refractivity contribution in [2.24, 2.45) is 0 Å². The molecule has 2 fully saturated rings. The van der Waals surface area contributed by atoms with Crippen LogP contribution in [0.3, 0.4) is 0 Å². The van der Waals surface area contributed by atoms with Gasteiger partial charge in [0.05, 0.1) is 5.02 Å². The van der Waals surface area contributed by atoms with Gasteiger partial charge in [0.1, 0.15) is 5.82 Å². The summed E-state index contributed by atoms with van der Waals surface area (Å²) in [6.07, 6.45) is 6.77. The highest BCUT2D eigenvalue weighted by Gasteiger charge is 2.33. The third-order valence-electron chi connectivity index (χ3n) is 3.55. The fourth-order valence-corrected chi connectivity index (χ4v) is 2.96. The van der Waals surface area contributed by atoms with Crippen LogP contribution in [0.2, 0.25) is 5.02 Å². The third-order valence-corrected chi connectivity index (χ3v) is 3.78. The number of rotatable bonds is 2. The molecule has 86 valence electrons. The van der Waals surface area contributed by atoms with Crippen molar-refractivity contribution in [3.63, 3.8) is 0 Å². The Hall–Kier alpha value is -0.800. The van der Waals surface area contributed by atoms with E-state index in [2.05, 4.69) is 15.6 Å². The van der Waals surface area contributed by atoms with Gasteiger partial charge >= 0.3 is 0 Å². The summed E-state index contributed by atoms with van der Waals surface area (Å²) in [5.74, 6) is 0.940. The zero-order chi connectivity index (χ0) is 11.0. The van der Waals surface area contributed by atoms with Crippen LogP contribution in [0.5, 0.6) is 0 Å². The average molecular weight is 238 g/mol. The molecular formula is C12H16ClN3. The normalized spacial score (nSPS) is 32.7. The molecule has 0 spiro atoms. The van der Waals surface area contributed by atoms with Crippen molar-refractivity contribution < 1.29 is 0 Å². The minimum absolute atomic E-state index is 0.562. The summed E-state index contributed by atoms with van der Waals surface area (Å²) in [7, 11) is 0. The molecule has 2 saturated heterocycles. The van der Waals surface area contributed by atoms with E-state index >= 15 is 0 Å². The Kier molecular flexibility index (Phi) is 2.74. The summed E-state index contributed by atoms with van der Waals surface area (Å²) in [5, 5.41) is 7.82. The molecule has 2 unspecified atom stereocenters. The Labute approximate surface area is 101 Å². The Balaban J connectivity index is 1.64. The predicted octanol–water partition coefficient (Wildman–Crippen LogP) is 2.43. The molecular weight excluding hydrogens is 222 g/mol. The van der Waals surface area contributed by atoms with E-state index in [-0.39, 0.29) is 0 Å². The fourth-order valence-electron chi connectivity index (χ4n) is 2.85. The molecule has 2 aliphatic heterocycles. The zero-order valence-electron chi connectivity index (χ0n) is 9.12. The quantitative estimate of drug-likeness (QED) is 0.830. The molecule has 2 N–H and O–H groups in total. The van der Waals surface area contributed by atoms with E-state index in [0.29, 0.717) is 23.1 Å². The zero-order valence-corrected chi connectivity index (χ0v) is 9.87. The molecule has 0 aromatic carbocycles. The fraction of sp³-hybridized carbons (Fsp3) is 0.583. The van der Waals surface area contributed by atoms with E-state index in [1.165, 1.54) is 25.7 Å². The minimum Gasteiger partial charge on any atom is -0.367 e. The molecule has 3 rings (SSSR count). The maximum atomic E-state index is 5.81. The number of halogens is 1. The van der Waals surface area contributed by atoms with Crippen molar-refractivity contribution in [2.45, 2.75) is 43.8 Å². The van der Waals surface area contributed by atoms with Crippen LogP contribution in [0.25, 0.3) is 0 Å². The first-order valence-corrected chi connectivity index (χ1v) is 6.31. The second-order valence-corrected chi connectivity index (χ2v) is 5.25. The minimum atomic E-state index is 0.562. The van der Waals surface area contributed by atoms with Gasteiger partial charge in [0.2, 0.25) is 0 Å². The number of piperidine rings is 1. The van der Waals surface area contributed by atoms with Crippen LogP contribution in [-0.2, 0) is 0 Å². The highest BCUT2D eigenvalue weighted by molar-refractivity contribution is 6.30. The Bertz CT molecular complexity index is 353. The lowest BCUT2D eigenvalue weighted by Gasteiger charge is -2.30. The van der Waals surface area contributed by atoms with Crippen molar-refractivity contribution in [3.8, 4) is 0 Å². The number of nitrogens with one attached hydrogen (secondary N) is 2. The number of hydrogen-bond donors (Lipinski definition) is 2. The van der Waals surface area contributed by atoms with Crippen molar-refractivity contribution in [2.75, 3.05) is 5.32 Å². The Morgan fingerprint density at radius 2 is 2.00 bits per heavy atom. The van der Waals surface area contributed by atoms with Crippen molar-refractivity contribution in [1.82, 2.24) is 10.3 Å². The second-order valence-electron chi connectivity index (χ2n) is 4.81. The summed E-state index contributed by atoms with van der Waals surface area (Å²) in [6.45, 7) is 0. The molecule has 2 bridgehead atoms.